The van der Waals surface area contributed by atoms with Crippen LogP contribution in [0.1, 0.15) is 0 Å². The van der Waals surface area contributed by atoms with Crippen molar-refractivity contribution in [3.8, 4) is 11.6 Å². The van der Waals surface area contributed by atoms with E-state index in [1.165, 1.54) is 7.11 Å². The summed E-state index contributed by atoms with van der Waals surface area (Å²) in [6.45, 7) is 0. The van der Waals surface area contributed by atoms with Crippen LogP contribution in [0, 0.1) is 11.6 Å². The van der Waals surface area contributed by atoms with Crippen LogP contribution in [0.5, 0.6) is 11.6 Å². The highest BCUT2D eigenvalue weighted by Gasteiger charge is 2.13. The number of nitrogens with zero attached hydrogens (tertiary/aromatic N) is 1. The van der Waals surface area contributed by atoms with Crippen molar-refractivity contribution in [3.05, 3.63) is 42.0 Å². The monoisotopic (exact) mass is 275 g/mol. The molecule has 0 spiro atoms. The van der Waals surface area contributed by atoms with Crippen molar-refractivity contribution >= 4 is 21.7 Å². The lowest BCUT2D eigenvalue weighted by Crippen LogP contribution is -1.94. The van der Waals surface area contributed by atoms with Gasteiger partial charge in [-0.15, -0.1) is 0 Å². The topological polar surface area (TPSA) is 31.4 Å². The molecule has 20 heavy (non-hydrogen) atoms. The number of benzene rings is 2. The summed E-state index contributed by atoms with van der Waals surface area (Å²) in [5.74, 6) is -0.849. The van der Waals surface area contributed by atoms with Gasteiger partial charge >= 0.3 is 0 Å². The van der Waals surface area contributed by atoms with E-state index in [2.05, 4.69) is 4.98 Å². The average Bonchev–Trinajstić information content (AvgIpc) is 2.47. The van der Waals surface area contributed by atoms with Crippen molar-refractivity contribution in [2.45, 2.75) is 0 Å². The number of hydrogen-bond acceptors (Lipinski definition) is 3. The second kappa shape index (κ2) is 4.59. The molecule has 0 N–H and O–H groups in total. The van der Waals surface area contributed by atoms with Gasteiger partial charge in [0.2, 0.25) is 5.88 Å². The van der Waals surface area contributed by atoms with Crippen molar-refractivity contribution in [2.75, 3.05) is 14.2 Å². The number of aromatic nitrogens is 1. The van der Waals surface area contributed by atoms with E-state index < -0.39 is 11.6 Å². The molecule has 0 unspecified atom stereocenters. The number of fused-ring (bicyclic) bond motifs is 3. The molecule has 1 heterocycles. The Morgan fingerprint density at radius 1 is 0.850 bits per heavy atom. The van der Waals surface area contributed by atoms with Crippen LogP contribution in [0.3, 0.4) is 0 Å². The average molecular weight is 275 g/mol. The third-order valence-corrected chi connectivity index (χ3v) is 3.20. The lowest BCUT2D eigenvalue weighted by Gasteiger charge is -2.10. The second-order valence-electron chi connectivity index (χ2n) is 4.32. The molecule has 0 aliphatic rings. The molecule has 3 nitrogen and oxygen atoms in total. The lowest BCUT2D eigenvalue weighted by atomic mass is 10.1. The minimum atomic E-state index is -0.931. The summed E-state index contributed by atoms with van der Waals surface area (Å²) in [6, 6.07) is 7.49. The molecule has 2 aromatic carbocycles. The summed E-state index contributed by atoms with van der Waals surface area (Å²) in [7, 11) is 3.03. The van der Waals surface area contributed by atoms with Crippen LogP contribution in [0.25, 0.3) is 21.7 Å². The summed E-state index contributed by atoms with van der Waals surface area (Å²) in [5, 5.41) is 1.94. The summed E-state index contributed by atoms with van der Waals surface area (Å²) in [4.78, 5) is 4.21. The smallest absolute Gasteiger partial charge is 0.221 e. The third kappa shape index (κ3) is 1.82. The number of hydrogen-bond donors (Lipinski definition) is 0. The van der Waals surface area contributed by atoms with Gasteiger partial charge in [-0.3, -0.25) is 0 Å². The standard InChI is InChI=1S/C15H11F2NO2/c1-19-8-3-4-9-10-6-12(16)13(17)7-14(10)18-15(20-2)11(9)5-8/h3-7H,1-2H3. The Balaban J connectivity index is 2.48. The van der Waals surface area contributed by atoms with E-state index in [1.54, 1.807) is 25.3 Å². The molecule has 5 heteroatoms. The van der Waals surface area contributed by atoms with E-state index in [-0.39, 0.29) is 0 Å². The van der Waals surface area contributed by atoms with Gasteiger partial charge in [0.25, 0.3) is 0 Å². The first kappa shape index (κ1) is 12.6. The molecule has 0 saturated carbocycles. The molecule has 102 valence electrons. The lowest BCUT2D eigenvalue weighted by molar-refractivity contribution is 0.403. The van der Waals surface area contributed by atoms with Crippen LogP contribution in [0.4, 0.5) is 8.78 Å². The van der Waals surface area contributed by atoms with Crippen molar-refractivity contribution in [2.24, 2.45) is 0 Å². The molecular formula is C15H11F2NO2. The molecule has 0 saturated heterocycles. The van der Waals surface area contributed by atoms with Crippen LogP contribution in [-0.4, -0.2) is 19.2 Å². The van der Waals surface area contributed by atoms with E-state index in [0.29, 0.717) is 27.9 Å². The Kier molecular flexibility index (Phi) is 2.89. The molecule has 3 aromatic rings. The number of pyridine rings is 1. The van der Waals surface area contributed by atoms with Crippen molar-refractivity contribution in [3.63, 3.8) is 0 Å². The molecule has 0 amide bonds. The van der Waals surface area contributed by atoms with Gasteiger partial charge in [-0.05, 0) is 29.7 Å². The van der Waals surface area contributed by atoms with E-state index in [0.717, 1.165) is 17.5 Å². The summed E-state index contributed by atoms with van der Waals surface area (Å²) < 4.78 is 37.2. The van der Waals surface area contributed by atoms with E-state index >= 15 is 0 Å². The Labute approximate surface area is 113 Å². The fourth-order valence-electron chi connectivity index (χ4n) is 2.23. The van der Waals surface area contributed by atoms with Crippen molar-refractivity contribution in [1.82, 2.24) is 4.98 Å². The van der Waals surface area contributed by atoms with Crippen molar-refractivity contribution < 1.29 is 18.3 Å². The fourth-order valence-corrected chi connectivity index (χ4v) is 2.23. The van der Waals surface area contributed by atoms with E-state index in [4.69, 9.17) is 9.47 Å². The van der Waals surface area contributed by atoms with Crippen LogP contribution in [0.15, 0.2) is 30.3 Å². The minimum absolute atomic E-state index is 0.345. The highest BCUT2D eigenvalue weighted by molar-refractivity contribution is 6.08. The summed E-state index contributed by atoms with van der Waals surface area (Å²) in [6.07, 6.45) is 0. The zero-order chi connectivity index (χ0) is 14.3. The molecule has 3 rings (SSSR count). The highest BCUT2D eigenvalue weighted by Crippen LogP contribution is 2.33. The fraction of sp³-hybridized carbons (Fsp3) is 0.133. The van der Waals surface area contributed by atoms with Gasteiger partial charge < -0.3 is 9.47 Å². The predicted molar refractivity (Wildman–Crippen MR) is 72.3 cm³/mol. The molecule has 0 atom stereocenters. The number of rotatable bonds is 2. The third-order valence-electron chi connectivity index (χ3n) is 3.20. The molecule has 0 radical (unpaired) electrons. The maximum absolute atomic E-state index is 13.4. The van der Waals surface area contributed by atoms with Crippen LogP contribution >= 0.6 is 0 Å². The number of ether oxygens (including phenoxy) is 2. The molecule has 0 aliphatic heterocycles. The first-order chi connectivity index (χ1) is 9.63. The zero-order valence-electron chi connectivity index (χ0n) is 10.9. The van der Waals surface area contributed by atoms with Gasteiger partial charge in [0, 0.05) is 16.8 Å². The minimum Gasteiger partial charge on any atom is -0.497 e. The van der Waals surface area contributed by atoms with Crippen LogP contribution in [0.2, 0.25) is 0 Å². The van der Waals surface area contributed by atoms with Gasteiger partial charge in [-0.2, -0.15) is 0 Å². The van der Waals surface area contributed by atoms with Gasteiger partial charge in [0.05, 0.1) is 19.7 Å². The highest BCUT2D eigenvalue weighted by atomic mass is 19.2. The second-order valence-corrected chi connectivity index (χ2v) is 4.32. The van der Waals surface area contributed by atoms with E-state index in [9.17, 15) is 8.78 Å². The Bertz CT molecular complexity index is 818. The van der Waals surface area contributed by atoms with Gasteiger partial charge in [0.1, 0.15) is 5.75 Å². The molecule has 0 bridgehead atoms. The summed E-state index contributed by atoms with van der Waals surface area (Å²) in [5.41, 5.74) is 0.346. The number of methoxy groups -OCH3 is 2. The van der Waals surface area contributed by atoms with Gasteiger partial charge in [0.15, 0.2) is 11.6 Å². The first-order valence-corrected chi connectivity index (χ1v) is 5.94. The predicted octanol–water partition coefficient (Wildman–Crippen LogP) is 3.68. The summed E-state index contributed by atoms with van der Waals surface area (Å²) >= 11 is 0. The normalized spacial score (nSPS) is 11.0. The molecule has 0 aliphatic carbocycles. The molecule has 1 aromatic heterocycles. The Hall–Kier alpha value is -2.43. The Morgan fingerprint density at radius 3 is 2.30 bits per heavy atom. The maximum Gasteiger partial charge on any atom is 0.221 e. The largest absolute Gasteiger partial charge is 0.497 e. The number of halogens is 2. The SMILES string of the molecule is COc1ccc2c(c1)c(OC)nc1cc(F)c(F)cc12. The Morgan fingerprint density at radius 2 is 1.60 bits per heavy atom. The van der Waals surface area contributed by atoms with E-state index in [1.807, 2.05) is 0 Å². The van der Waals surface area contributed by atoms with Gasteiger partial charge in [-0.1, -0.05) is 0 Å². The quantitative estimate of drug-likeness (QED) is 0.668. The molecular weight excluding hydrogens is 264 g/mol. The zero-order valence-corrected chi connectivity index (χ0v) is 10.9. The van der Waals surface area contributed by atoms with Gasteiger partial charge in [-0.25, -0.2) is 13.8 Å². The van der Waals surface area contributed by atoms with Crippen LogP contribution in [-0.2, 0) is 0 Å². The maximum atomic E-state index is 13.4. The van der Waals surface area contributed by atoms with Crippen molar-refractivity contribution in [1.29, 1.82) is 0 Å². The molecule has 0 fully saturated rings. The first-order valence-electron chi connectivity index (χ1n) is 5.94. The van der Waals surface area contributed by atoms with Crippen LogP contribution < -0.4 is 9.47 Å².